The number of anilines is 2. The van der Waals surface area contributed by atoms with E-state index < -0.39 is 23.6 Å². The topological polar surface area (TPSA) is 111 Å². The van der Waals surface area contributed by atoms with Gasteiger partial charge in [-0.15, -0.1) is 0 Å². The maximum Gasteiger partial charge on any atom is 0.416 e. The first-order chi connectivity index (χ1) is 19.5. The molecular formula is C30H28F3N5O3. The summed E-state index contributed by atoms with van der Waals surface area (Å²) >= 11 is 0. The van der Waals surface area contributed by atoms with Gasteiger partial charge in [-0.3, -0.25) is 9.59 Å². The summed E-state index contributed by atoms with van der Waals surface area (Å²) in [5, 5.41) is 10.7. The number of primary amides is 1. The molecular weight excluding hydrogens is 535 g/mol. The van der Waals surface area contributed by atoms with Gasteiger partial charge in [0.25, 0.3) is 11.8 Å². The van der Waals surface area contributed by atoms with E-state index in [0.29, 0.717) is 23.6 Å². The van der Waals surface area contributed by atoms with Gasteiger partial charge in [0, 0.05) is 24.3 Å². The molecule has 0 aliphatic carbocycles. The minimum absolute atomic E-state index is 0.0347. The Balaban J connectivity index is 1.40. The van der Waals surface area contributed by atoms with Crippen molar-refractivity contribution < 1.29 is 27.5 Å². The lowest BCUT2D eigenvalue weighted by molar-refractivity contribution is -0.137. The second kappa shape index (κ2) is 10.6. The molecule has 0 saturated carbocycles. The molecule has 0 unspecified atom stereocenters. The van der Waals surface area contributed by atoms with Crippen molar-refractivity contribution in [2.24, 2.45) is 5.73 Å². The number of benzene rings is 3. The molecule has 2 heterocycles. The van der Waals surface area contributed by atoms with E-state index in [1.54, 1.807) is 16.8 Å². The van der Waals surface area contributed by atoms with Crippen LogP contribution in [0.1, 0.15) is 48.5 Å². The van der Waals surface area contributed by atoms with Gasteiger partial charge in [0.05, 0.1) is 18.2 Å². The number of aryl methyl sites for hydroxylation is 4. The van der Waals surface area contributed by atoms with Crippen molar-refractivity contribution in [3.05, 3.63) is 93.5 Å². The van der Waals surface area contributed by atoms with E-state index >= 15 is 0 Å². The van der Waals surface area contributed by atoms with E-state index in [1.807, 2.05) is 32.0 Å². The molecule has 41 heavy (non-hydrogen) atoms. The second-order valence-corrected chi connectivity index (χ2v) is 9.93. The number of nitrogens with two attached hydrogens (primary N) is 1. The van der Waals surface area contributed by atoms with E-state index in [-0.39, 0.29) is 23.4 Å². The van der Waals surface area contributed by atoms with Crippen LogP contribution < -0.4 is 21.1 Å². The van der Waals surface area contributed by atoms with Crippen molar-refractivity contribution in [3.8, 4) is 17.0 Å². The SMILES string of the molecule is COc1ccc(C(F)(F)F)cc1C(=O)NCc1ccc(-c2nn3c(c2C(N)=O)Nc2ccc(C)cc2CC3)cc1C. The summed E-state index contributed by atoms with van der Waals surface area (Å²) in [7, 11) is 1.29. The molecule has 0 radical (unpaired) electrons. The van der Waals surface area contributed by atoms with Crippen molar-refractivity contribution in [2.75, 3.05) is 12.4 Å². The maximum absolute atomic E-state index is 13.2. The van der Waals surface area contributed by atoms with Crippen molar-refractivity contribution in [1.82, 2.24) is 15.1 Å². The lowest BCUT2D eigenvalue weighted by atomic mass is 10.0. The highest BCUT2D eigenvalue weighted by molar-refractivity contribution is 6.04. The van der Waals surface area contributed by atoms with E-state index in [9.17, 15) is 22.8 Å². The average Bonchev–Trinajstić information content (AvgIpc) is 3.20. The Morgan fingerprint density at radius 3 is 2.56 bits per heavy atom. The molecule has 3 aromatic carbocycles. The molecule has 4 N–H and O–H groups in total. The number of alkyl halides is 3. The lowest BCUT2D eigenvalue weighted by Gasteiger charge is -2.14. The van der Waals surface area contributed by atoms with Crippen molar-refractivity contribution in [3.63, 3.8) is 0 Å². The Kier molecular flexibility index (Phi) is 7.20. The van der Waals surface area contributed by atoms with Gasteiger partial charge in [-0.25, -0.2) is 4.68 Å². The third kappa shape index (κ3) is 5.47. The number of fused-ring (bicyclic) bond motifs is 2. The molecule has 11 heteroatoms. The number of aromatic nitrogens is 2. The van der Waals surface area contributed by atoms with Crippen molar-refractivity contribution in [2.45, 2.75) is 39.5 Å². The summed E-state index contributed by atoms with van der Waals surface area (Å²) in [5.41, 5.74) is 10.7. The van der Waals surface area contributed by atoms with E-state index in [1.165, 1.54) is 7.11 Å². The molecule has 0 bridgehead atoms. The Labute approximate surface area is 234 Å². The van der Waals surface area contributed by atoms with Crippen LogP contribution in [-0.2, 0) is 25.7 Å². The third-order valence-electron chi connectivity index (χ3n) is 7.13. The fourth-order valence-electron chi connectivity index (χ4n) is 4.97. The first kappa shape index (κ1) is 27.8. The van der Waals surface area contributed by atoms with Gasteiger partial charge in [0.15, 0.2) is 0 Å². The number of ether oxygens (including phenoxy) is 1. The monoisotopic (exact) mass is 563 g/mol. The number of methoxy groups -OCH3 is 1. The van der Waals surface area contributed by atoms with Crippen molar-refractivity contribution >= 4 is 23.3 Å². The Bertz CT molecular complexity index is 1680. The first-order valence-corrected chi connectivity index (χ1v) is 12.9. The van der Waals surface area contributed by atoms with E-state index in [0.717, 1.165) is 52.6 Å². The molecule has 0 atom stereocenters. The quantitative estimate of drug-likeness (QED) is 0.286. The normalized spacial score (nSPS) is 12.5. The van der Waals surface area contributed by atoms with Gasteiger partial charge >= 0.3 is 6.18 Å². The molecule has 1 aliphatic rings. The highest BCUT2D eigenvalue weighted by Crippen LogP contribution is 2.36. The van der Waals surface area contributed by atoms with E-state index in [4.69, 9.17) is 15.6 Å². The molecule has 5 rings (SSSR count). The van der Waals surface area contributed by atoms with Gasteiger partial charge in [-0.1, -0.05) is 29.8 Å². The number of halogens is 3. The highest BCUT2D eigenvalue weighted by Gasteiger charge is 2.32. The number of amides is 2. The van der Waals surface area contributed by atoms with Crippen LogP contribution in [-0.4, -0.2) is 28.7 Å². The Morgan fingerprint density at radius 2 is 1.88 bits per heavy atom. The van der Waals surface area contributed by atoms with Gasteiger partial charge in [0.2, 0.25) is 0 Å². The number of hydrogen-bond donors (Lipinski definition) is 3. The molecule has 0 fully saturated rings. The molecule has 2 amide bonds. The summed E-state index contributed by atoms with van der Waals surface area (Å²) in [6.45, 7) is 4.47. The first-order valence-electron chi connectivity index (χ1n) is 12.9. The van der Waals surface area contributed by atoms with Gasteiger partial charge < -0.3 is 21.1 Å². The minimum atomic E-state index is -4.60. The number of carbonyl (C=O) groups is 2. The van der Waals surface area contributed by atoms with Gasteiger partial charge in [-0.05, 0) is 67.3 Å². The second-order valence-electron chi connectivity index (χ2n) is 9.93. The standard InChI is InChI=1S/C30H28F3N5O3/c1-16-4-8-23-18(12-16)10-11-38-28(36-23)25(27(34)39)26(37-38)19-5-6-20(17(2)13-19)15-35-29(40)22-14-21(30(31,32)33)7-9-24(22)41-3/h4-9,12-14,36H,10-11,15H2,1-3H3,(H2,34,39)(H,35,40). The summed E-state index contributed by atoms with van der Waals surface area (Å²) in [4.78, 5) is 25.4. The number of hydrogen-bond acceptors (Lipinski definition) is 5. The zero-order valence-electron chi connectivity index (χ0n) is 22.6. The van der Waals surface area contributed by atoms with Gasteiger partial charge in [-0.2, -0.15) is 18.3 Å². The summed E-state index contributed by atoms with van der Waals surface area (Å²) in [6, 6.07) is 14.2. The Hall–Kier alpha value is -4.80. The van der Waals surface area contributed by atoms with Crippen LogP contribution in [0.2, 0.25) is 0 Å². The number of carbonyl (C=O) groups excluding carboxylic acids is 2. The lowest BCUT2D eigenvalue weighted by Crippen LogP contribution is -2.24. The average molecular weight is 564 g/mol. The predicted octanol–water partition coefficient (Wildman–Crippen LogP) is 5.52. The van der Waals surface area contributed by atoms with Crippen LogP contribution in [0.4, 0.5) is 24.7 Å². The number of rotatable bonds is 6. The molecule has 1 aliphatic heterocycles. The molecule has 4 aromatic rings. The largest absolute Gasteiger partial charge is 0.496 e. The number of nitrogens with one attached hydrogen (secondary N) is 2. The van der Waals surface area contributed by atoms with Crippen LogP contribution in [0.25, 0.3) is 11.3 Å². The highest BCUT2D eigenvalue weighted by atomic mass is 19.4. The number of nitrogens with zero attached hydrogens (tertiary/aromatic N) is 2. The molecule has 212 valence electrons. The summed E-state index contributed by atoms with van der Waals surface area (Å²) in [6.07, 6.45) is -3.87. The smallest absolute Gasteiger partial charge is 0.416 e. The molecule has 1 aromatic heterocycles. The molecule has 0 saturated heterocycles. The fourth-order valence-corrected chi connectivity index (χ4v) is 4.97. The van der Waals surface area contributed by atoms with Crippen LogP contribution in [0.3, 0.4) is 0 Å². The Morgan fingerprint density at radius 1 is 1.10 bits per heavy atom. The maximum atomic E-state index is 13.2. The van der Waals surface area contributed by atoms with Crippen molar-refractivity contribution in [1.29, 1.82) is 0 Å². The third-order valence-corrected chi connectivity index (χ3v) is 7.13. The minimum Gasteiger partial charge on any atom is -0.496 e. The van der Waals surface area contributed by atoms with E-state index in [2.05, 4.69) is 16.7 Å². The summed E-state index contributed by atoms with van der Waals surface area (Å²) < 4.78 is 46.4. The molecule has 0 spiro atoms. The fraction of sp³-hybridized carbons (Fsp3) is 0.233. The van der Waals surface area contributed by atoms with Gasteiger partial charge in [0.1, 0.15) is 22.8 Å². The summed E-state index contributed by atoms with van der Waals surface area (Å²) in [5.74, 6) is -0.758. The zero-order valence-corrected chi connectivity index (χ0v) is 22.6. The van der Waals surface area contributed by atoms with Crippen LogP contribution >= 0.6 is 0 Å². The predicted molar refractivity (Wildman–Crippen MR) is 148 cm³/mol. The molecule has 8 nitrogen and oxygen atoms in total. The van der Waals surface area contributed by atoms with Crippen LogP contribution in [0.5, 0.6) is 5.75 Å². The van der Waals surface area contributed by atoms with Crippen LogP contribution in [0, 0.1) is 13.8 Å². The zero-order chi connectivity index (χ0) is 29.5. The van der Waals surface area contributed by atoms with Crippen LogP contribution in [0.15, 0.2) is 54.6 Å².